The molecular weight excluding hydrogens is 445 g/mol. The van der Waals surface area contributed by atoms with E-state index < -0.39 is 5.82 Å². The SMILES string of the molecule is O=C(CSc1nc2sc3c(c2c(=O)n1-c1ccccc1F)CCCC3)NC1CCCCC1. The average Bonchev–Trinajstić information content (AvgIpc) is 3.18. The molecule has 1 fully saturated rings. The molecule has 1 N–H and O–H groups in total. The minimum atomic E-state index is -0.478. The minimum absolute atomic E-state index is 0.0678. The van der Waals surface area contributed by atoms with Gasteiger partial charge < -0.3 is 5.32 Å². The van der Waals surface area contributed by atoms with Crippen molar-refractivity contribution >= 4 is 39.2 Å². The maximum absolute atomic E-state index is 14.7. The molecule has 2 aromatic heterocycles. The lowest BCUT2D eigenvalue weighted by Gasteiger charge is -2.22. The van der Waals surface area contributed by atoms with Crippen molar-refractivity contribution in [3.8, 4) is 5.69 Å². The van der Waals surface area contributed by atoms with Crippen molar-refractivity contribution in [3.05, 3.63) is 50.9 Å². The van der Waals surface area contributed by atoms with E-state index >= 15 is 0 Å². The molecule has 168 valence electrons. The number of nitrogens with one attached hydrogen (secondary N) is 1. The van der Waals surface area contributed by atoms with Crippen LogP contribution in [0.4, 0.5) is 4.39 Å². The summed E-state index contributed by atoms with van der Waals surface area (Å²) in [6, 6.07) is 6.48. The molecule has 1 saturated carbocycles. The molecule has 0 aliphatic heterocycles. The van der Waals surface area contributed by atoms with Crippen LogP contribution in [0.15, 0.2) is 34.2 Å². The van der Waals surface area contributed by atoms with Crippen LogP contribution in [0.5, 0.6) is 0 Å². The maximum Gasteiger partial charge on any atom is 0.267 e. The largest absolute Gasteiger partial charge is 0.353 e. The Morgan fingerprint density at radius 2 is 1.94 bits per heavy atom. The third-order valence-corrected chi connectivity index (χ3v) is 8.48. The smallest absolute Gasteiger partial charge is 0.267 e. The summed E-state index contributed by atoms with van der Waals surface area (Å²) in [5.74, 6) is -0.399. The van der Waals surface area contributed by atoms with E-state index in [1.807, 2.05) is 0 Å². The summed E-state index contributed by atoms with van der Waals surface area (Å²) < 4.78 is 16.1. The Labute approximate surface area is 194 Å². The number of carbonyl (C=O) groups excluding carboxylic acids is 1. The zero-order valence-electron chi connectivity index (χ0n) is 17.9. The number of hydrogen-bond acceptors (Lipinski definition) is 5. The Kier molecular flexibility index (Phi) is 6.33. The molecule has 2 aliphatic rings. The van der Waals surface area contributed by atoms with E-state index in [9.17, 15) is 14.0 Å². The summed E-state index contributed by atoms with van der Waals surface area (Å²) in [4.78, 5) is 32.9. The minimum Gasteiger partial charge on any atom is -0.353 e. The van der Waals surface area contributed by atoms with E-state index in [1.165, 1.54) is 33.7 Å². The summed E-state index contributed by atoms with van der Waals surface area (Å²) in [6.07, 6.45) is 9.54. The van der Waals surface area contributed by atoms with Crippen LogP contribution in [-0.2, 0) is 17.6 Å². The Bertz CT molecular complexity index is 1210. The number of fused-ring (bicyclic) bond motifs is 3. The fourth-order valence-electron chi connectivity index (χ4n) is 4.78. The molecule has 0 saturated heterocycles. The molecule has 0 radical (unpaired) electrons. The van der Waals surface area contributed by atoms with Gasteiger partial charge in [0.1, 0.15) is 10.6 Å². The van der Waals surface area contributed by atoms with E-state index in [4.69, 9.17) is 4.98 Å². The van der Waals surface area contributed by atoms with Gasteiger partial charge in [0.2, 0.25) is 5.91 Å². The zero-order valence-corrected chi connectivity index (χ0v) is 19.5. The van der Waals surface area contributed by atoms with Gasteiger partial charge in [0, 0.05) is 10.9 Å². The lowest BCUT2D eigenvalue weighted by Crippen LogP contribution is -2.37. The first kappa shape index (κ1) is 21.6. The Morgan fingerprint density at radius 1 is 1.16 bits per heavy atom. The van der Waals surface area contributed by atoms with Crippen LogP contribution in [-0.4, -0.2) is 27.3 Å². The van der Waals surface area contributed by atoms with Gasteiger partial charge in [0.15, 0.2) is 5.16 Å². The highest BCUT2D eigenvalue weighted by Crippen LogP contribution is 2.35. The third-order valence-electron chi connectivity index (χ3n) is 6.35. The number of halogens is 1. The van der Waals surface area contributed by atoms with Gasteiger partial charge in [0.25, 0.3) is 5.56 Å². The van der Waals surface area contributed by atoms with Crippen molar-refractivity contribution in [2.75, 3.05) is 5.75 Å². The number of carbonyl (C=O) groups is 1. The number of amides is 1. The fraction of sp³-hybridized carbons (Fsp3) is 0.458. The molecule has 8 heteroatoms. The number of thiophene rings is 1. The fourth-order valence-corrected chi connectivity index (χ4v) is 6.89. The van der Waals surface area contributed by atoms with Crippen LogP contribution in [0.2, 0.25) is 0 Å². The first-order chi connectivity index (χ1) is 15.6. The lowest BCUT2D eigenvalue weighted by molar-refractivity contribution is -0.119. The Hall–Kier alpha value is -2.19. The molecule has 1 amide bonds. The Morgan fingerprint density at radius 3 is 2.75 bits per heavy atom. The molecule has 5 nitrogen and oxygen atoms in total. The molecule has 0 unspecified atom stereocenters. The highest BCUT2D eigenvalue weighted by Gasteiger charge is 2.24. The summed E-state index contributed by atoms with van der Waals surface area (Å²) in [7, 11) is 0. The molecular formula is C24H26FN3O2S2. The topological polar surface area (TPSA) is 64.0 Å². The van der Waals surface area contributed by atoms with Gasteiger partial charge in [0.05, 0.1) is 16.8 Å². The van der Waals surface area contributed by atoms with Gasteiger partial charge in [-0.25, -0.2) is 9.37 Å². The number of aromatic nitrogens is 2. The van der Waals surface area contributed by atoms with E-state index in [0.29, 0.717) is 15.4 Å². The average molecular weight is 472 g/mol. The molecule has 3 aromatic rings. The standard InChI is InChI=1S/C24H26FN3O2S2/c25-17-11-5-6-12-18(17)28-23(30)21-16-10-4-7-13-19(16)32-22(21)27-24(28)31-14-20(29)26-15-8-2-1-3-9-15/h5-6,11-12,15H,1-4,7-10,13-14H2,(H,26,29). The van der Waals surface area contributed by atoms with Crippen LogP contribution in [0.1, 0.15) is 55.4 Å². The van der Waals surface area contributed by atoms with Gasteiger partial charge in [-0.3, -0.25) is 14.2 Å². The van der Waals surface area contributed by atoms with Gasteiger partial charge in [-0.2, -0.15) is 0 Å². The number of para-hydroxylation sites is 1. The number of hydrogen-bond donors (Lipinski definition) is 1. The van der Waals surface area contributed by atoms with E-state index in [1.54, 1.807) is 29.5 Å². The van der Waals surface area contributed by atoms with Gasteiger partial charge in [-0.05, 0) is 56.2 Å². The highest BCUT2D eigenvalue weighted by atomic mass is 32.2. The van der Waals surface area contributed by atoms with Crippen molar-refractivity contribution in [1.29, 1.82) is 0 Å². The first-order valence-electron chi connectivity index (χ1n) is 11.4. The number of benzene rings is 1. The van der Waals surface area contributed by atoms with E-state index in [2.05, 4.69) is 5.32 Å². The maximum atomic E-state index is 14.7. The molecule has 2 aliphatic carbocycles. The van der Waals surface area contributed by atoms with E-state index in [0.717, 1.165) is 56.9 Å². The van der Waals surface area contributed by atoms with Crippen LogP contribution in [0.3, 0.4) is 0 Å². The molecule has 0 bridgehead atoms. The third kappa shape index (κ3) is 4.22. The quantitative estimate of drug-likeness (QED) is 0.420. The lowest BCUT2D eigenvalue weighted by atomic mass is 9.95. The molecule has 1 aromatic carbocycles. The van der Waals surface area contributed by atoms with Gasteiger partial charge in [-0.15, -0.1) is 11.3 Å². The summed E-state index contributed by atoms with van der Waals surface area (Å²) in [5, 5.41) is 4.09. The van der Waals surface area contributed by atoms with Crippen molar-refractivity contribution in [1.82, 2.24) is 14.9 Å². The van der Waals surface area contributed by atoms with Crippen molar-refractivity contribution in [3.63, 3.8) is 0 Å². The number of aryl methyl sites for hydroxylation is 2. The van der Waals surface area contributed by atoms with Crippen molar-refractivity contribution in [2.45, 2.75) is 69.0 Å². The summed E-state index contributed by atoms with van der Waals surface area (Å²) in [6.45, 7) is 0. The zero-order chi connectivity index (χ0) is 22.1. The second-order valence-electron chi connectivity index (χ2n) is 8.57. The van der Waals surface area contributed by atoms with Crippen LogP contribution < -0.4 is 10.9 Å². The second kappa shape index (κ2) is 9.35. The normalized spacial score (nSPS) is 16.8. The molecule has 2 heterocycles. The monoisotopic (exact) mass is 471 g/mol. The predicted molar refractivity (Wildman–Crippen MR) is 128 cm³/mol. The predicted octanol–water partition coefficient (Wildman–Crippen LogP) is 5.01. The Balaban J connectivity index is 1.52. The van der Waals surface area contributed by atoms with Gasteiger partial charge >= 0.3 is 0 Å². The van der Waals surface area contributed by atoms with Crippen LogP contribution in [0, 0.1) is 5.82 Å². The number of rotatable bonds is 5. The molecule has 5 rings (SSSR count). The molecule has 0 atom stereocenters. The second-order valence-corrected chi connectivity index (χ2v) is 10.6. The molecule has 32 heavy (non-hydrogen) atoms. The van der Waals surface area contributed by atoms with Crippen LogP contribution in [0.25, 0.3) is 15.9 Å². The van der Waals surface area contributed by atoms with E-state index in [-0.39, 0.29) is 28.9 Å². The van der Waals surface area contributed by atoms with Crippen LogP contribution >= 0.6 is 23.1 Å². The first-order valence-corrected chi connectivity index (χ1v) is 13.2. The van der Waals surface area contributed by atoms with Crippen molar-refractivity contribution in [2.24, 2.45) is 0 Å². The van der Waals surface area contributed by atoms with Gasteiger partial charge in [-0.1, -0.05) is 43.2 Å². The molecule has 0 spiro atoms. The number of thioether (sulfide) groups is 1. The highest BCUT2D eigenvalue weighted by molar-refractivity contribution is 7.99. The van der Waals surface area contributed by atoms with Crippen molar-refractivity contribution < 1.29 is 9.18 Å². The summed E-state index contributed by atoms with van der Waals surface area (Å²) >= 11 is 2.77. The summed E-state index contributed by atoms with van der Waals surface area (Å²) in [5.41, 5.74) is 1.01. The number of nitrogens with zero attached hydrogens (tertiary/aromatic N) is 2.